The Bertz CT molecular complexity index is 738. The van der Waals surface area contributed by atoms with Crippen LogP contribution in [0.1, 0.15) is 40.2 Å². The number of hydrogen-bond acceptors (Lipinski definition) is 6. The third-order valence-electron chi connectivity index (χ3n) is 3.76. The maximum absolute atomic E-state index is 12.5. The normalized spacial score (nSPS) is 17.1. The minimum Gasteiger partial charge on any atom is -0.464 e. The van der Waals surface area contributed by atoms with E-state index in [2.05, 4.69) is 15.3 Å². The lowest BCUT2D eigenvalue weighted by Gasteiger charge is -2.22. The number of hydroxylamine groups is 1. The van der Waals surface area contributed by atoms with E-state index in [-0.39, 0.29) is 11.4 Å². The number of para-hydroxylation sites is 1. The van der Waals surface area contributed by atoms with Gasteiger partial charge in [-0.2, -0.15) is 5.10 Å². The summed E-state index contributed by atoms with van der Waals surface area (Å²) in [6.07, 6.45) is 2.21. The molecule has 3 rings (SSSR count). The molecular weight excluding hydrogens is 326 g/mol. The van der Waals surface area contributed by atoms with Crippen molar-refractivity contribution in [3.05, 3.63) is 47.8 Å². The molecule has 8 heteroatoms. The van der Waals surface area contributed by atoms with Crippen LogP contribution >= 0.6 is 0 Å². The third kappa shape index (κ3) is 4.04. The Balaban J connectivity index is 1.81. The summed E-state index contributed by atoms with van der Waals surface area (Å²) in [5.74, 6) is -1.15. The highest BCUT2D eigenvalue weighted by Crippen LogP contribution is 2.15. The smallest absolute Gasteiger partial charge is 0.358 e. The molecule has 0 bridgehead atoms. The van der Waals surface area contributed by atoms with Crippen LogP contribution in [0.15, 0.2) is 36.4 Å². The predicted octanol–water partition coefficient (Wildman–Crippen LogP) is 1.85. The van der Waals surface area contributed by atoms with Gasteiger partial charge in [-0.25, -0.2) is 19.8 Å². The highest BCUT2D eigenvalue weighted by Gasteiger charge is 2.22. The van der Waals surface area contributed by atoms with Crippen LogP contribution in [-0.2, 0) is 14.3 Å². The number of amides is 1. The van der Waals surface area contributed by atoms with Gasteiger partial charge in [-0.05, 0) is 25.0 Å². The second-order valence-corrected chi connectivity index (χ2v) is 5.50. The zero-order chi connectivity index (χ0) is 17.6. The van der Waals surface area contributed by atoms with Crippen LogP contribution < -0.4 is 5.48 Å². The Kier molecular flexibility index (Phi) is 5.42. The molecule has 1 fully saturated rings. The van der Waals surface area contributed by atoms with E-state index < -0.39 is 18.2 Å². The fourth-order valence-corrected chi connectivity index (χ4v) is 2.49. The topological polar surface area (TPSA) is 91.7 Å². The molecule has 1 unspecified atom stereocenters. The summed E-state index contributed by atoms with van der Waals surface area (Å²) in [7, 11) is 1.26. The number of nitrogens with one attached hydrogen (secondary N) is 1. The van der Waals surface area contributed by atoms with Crippen LogP contribution in [0, 0.1) is 0 Å². The first-order chi connectivity index (χ1) is 12.2. The number of aromatic nitrogens is 2. The van der Waals surface area contributed by atoms with Crippen LogP contribution in [0.5, 0.6) is 0 Å². The van der Waals surface area contributed by atoms with E-state index in [1.165, 1.54) is 17.9 Å². The van der Waals surface area contributed by atoms with Crippen LogP contribution in [0.4, 0.5) is 0 Å². The van der Waals surface area contributed by atoms with Crippen molar-refractivity contribution >= 4 is 11.9 Å². The van der Waals surface area contributed by atoms with Crippen LogP contribution in [0.25, 0.3) is 5.69 Å². The van der Waals surface area contributed by atoms with Crippen LogP contribution in [-0.4, -0.2) is 41.7 Å². The van der Waals surface area contributed by atoms with E-state index in [0.717, 1.165) is 12.8 Å². The van der Waals surface area contributed by atoms with Crippen molar-refractivity contribution in [2.75, 3.05) is 13.7 Å². The molecule has 0 aliphatic carbocycles. The third-order valence-corrected chi connectivity index (χ3v) is 3.76. The van der Waals surface area contributed by atoms with Gasteiger partial charge in [0, 0.05) is 19.1 Å². The van der Waals surface area contributed by atoms with E-state index in [1.54, 1.807) is 12.1 Å². The number of hydrogen-bond donors (Lipinski definition) is 1. The fourth-order valence-electron chi connectivity index (χ4n) is 2.49. The van der Waals surface area contributed by atoms with E-state index in [4.69, 9.17) is 9.57 Å². The molecule has 1 amide bonds. The largest absolute Gasteiger partial charge is 0.464 e. The van der Waals surface area contributed by atoms with Gasteiger partial charge in [-0.15, -0.1) is 0 Å². The molecule has 8 nitrogen and oxygen atoms in total. The maximum atomic E-state index is 12.5. The zero-order valence-corrected chi connectivity index (χ0v) is 13.8. The van der Waals surface area contributed by atoms with Crippen molar-refractivity contribution < 1.29 is 23.9 Å². The first-order valence-electron chi connectivity index (χ1n) is 8.00. The van der Waals surface area contributed by atoms with E-state index in [1.807, 2.05) is 18.2 Å². The molecule has 0 radical (unpaired) electrons. The lowest BCUT2D eigenvalue weighted by Crippen LogP contribution is -2.34. The second-order valence-electron chi connectivity index (χ2n) is 5.50. The molecule has 1 aliphatic rings. The summed E-state index contributed by atoms with van der Waals surface area (Å²) in [5.41, 5.74) is 3.20. The first kappa shape index (κ1) is 17.1. The standard InChI is InChI=1S/C17H19N3O5/c1-23-17(22)13-11-14(20(18-13)12-7-3-2-4-8-12)16(21)19-25-15-9-5-6-10-24-15/h2-4,7-8,11,15H,5-6,9-10H2,1H3,(H,19,21). The van der Waals surface area contributed by atoms with E-state index >= 15 is 0 Å². The monoisotopic (exact) mass is 345 g/mol. The molecule has 1 aliphatic heterocycles. The number of methoxy groups -OCH3 is 1. The van der Waals surface area contributed by atoms with Crippen molar-refractivity contribution in [3.63, 3.8) is 0 Å². The molecule has 1 atom stereocenters. The van der Waals surface area contributed by atoms with Crippen molar-refractivity contribution in [2.24, 2.45) is 0 Å². The quantitative estimate of drug-likeness (QED) is 0.657. The van der Waals surface area contributed by atoms with Gasteiger partial charge in [0.25, 0.3) is 5.91 Å². The molecule has 132 valence electrons. The van der Waals surface area contributed by atoms with Gasteiger partial charge in [0.1, 0.15) is 5.69 Å². The van der Waals surface area contributed by atoms with E-state index in [0.29, 0.717) is 18.7 Å². The molecule has 1 N–H and O–H groups in total. The SMILES string of the molecule is COC(=O)c1cc(C(=O)NOC2CCCCO2)n(-c2ccccc2)n1. The molecule has 2 aromatic rings. The first-order valence-corrected chi connectivity index (χ1v) is 8.00. The summed E-state index contributed by atoms with van der Waals surface area (Å²) in [6, 6.07) is 10.4. The molecule has 0 saturated carbocycles. The Labute approximate surface area is 144 Å². The molecule has 1 saturated heterocycles. The zero-order valence-electron chi connectivity index (χ0n) is 13.8. The lowest BCUT2D eigenvalue weighted by molar-refractivity contribution is -0.186. The predicted molar refractivity (Wildman–Crippen MR) is 87.0 cm³/mol. The lowest BCUT2D eigenvalue weighted by atomic mass is 10.2. The highest BCUT2D eigenvalue weighted by atomic mass is 16.8. The highest BCUT2D eigenvalue weighted by molar-refractivity contribution is 5.96. The number of carbonyl (C=O) groups is 2. The Morgan fingerprint density at radius 1 is 1.28 bits per heavy atom. The Hall–Kier alpha value is -2.71. The Morgan fingerprint density at radius 2 is 2.08 bits per heavy atom. The fraction of sp³-hybridized carbons (Fsp3) is 0.353. The van der Waals surface area contributed by atoms with Gasteiger partial charge in [0.05, 0.1) is 12.8 Å². The maximum Gasteiger partial charge on any atom is 0.358 e. The molecule has 1 aromatic carbocycles. The van der Waals surface area contributed by atoms with Gasteiger partial charge in [0.2, 0.25) is 0 Å². The number of carbonyl (C=O) groups excluding carboxylic acids is 2. The molecule has 1 aromatic heterocycles. The van der Waals surface area contributed by atoms with Gasteiger partial charge in [0.15, 0.2) is 12.0 Å². The van der Waals surface area contributed by atoms with Crippen molar-refractivity contribution in [3.8, 4) is 5.69 Å². The average molecular weight is 345 g/mol. The average Bonchev–Trinajstić information content (AvgIpc) is 3.12. The summed E-state index contributed by atoms with van der Waals surface area (Å²) < 4.78 is 11.5. The number of nitrogens with zero attached hydrogens (tertiary/aromatic N) is 2. The second kappa shape index (κ2) is 7.91. The van der Waals surface area contributed by atoms with Crippen LogP contribution in [0.3, 0.4) is 0 Å². The number of rotatable bonds is 5. The van der Waals surface area contributed by atoms with Crippen molar-refractivity contribution in [2.45, 2.75) is 25.6 Å². The molecular formula is C17H19N3O5. The minimum atomic E-state index is -0.625. The van der Waals surface area contributed by atoms with Crippen molar-refractivity contribution in [1.82, 2.24) is 15.3 Å². The van der Waals surface area contributed by atoms with Gasteiger partial charge >= 0.3 is 5.97 Å². The number of esters is 1. The molecule has 2 heterocycles. The summed E-state index contributed by atoms with van der Waals surface area (Å²) in [6.45, 7) is 0.606. The molecule has 0 spiro atoms. The summed E-state index contributed by atoms with van der Waals surface area (Å²) >= 11 is 0. The summed E-state index contributed by atoms with van der Waals surface area (Å²) in [4.78, 5) is 29.6. The van der Waals surface area contributed by atoms with Crippen LogP contribution in [0.2, 0.25) is 0 Å². The number of benzene rings is 1. The van der Waals surface area contributed by atoms with Gasteiger partial charge < -0.3 is 9.47 Å². The summed E-state index contributed by atoms with van der Waals surface area (Å²) in [5, 5.41) is 4.16. The van der Waals surface area contributed by atoms with Crippen molar-refractivity contribution in [1.29, 1.82) is 0 Å². The van der Waals surface area contributed by atoms with Gasteiger partial charge in [-0.1, -0.05) is 18.2 Å². The molecule has 25 heavy (non-hydrogen) atoms. The number of ether oxygens (including phenoxy) is 2. The Morgan fingerprint density at radius 3 is 2.76 bits per heavy atom. The van der Waals surface area contributed by atoms with Gasteiger partial charge in [-0.3, -0.25) is 4.79 Å². The minimum absolute atomic E-state index is 0.0328. The van der Waals surface area contributed by atoms with E-state index in [9.17, 15) is 9.59 Å².